The smallest absolute Gasteiger partial charge is 0.253 e. The highest BCUT2D eigenvalue weighted by Crippen LogP contribution is 2.28. The maximum atomic E-state index is 13.4. The Morgan fingerprint density at radius 3 is 2.66 bits per heavy atom. The Balaban J connectivity index is 1.43. The standard InChI is InChI=1S/C34H38ClN3O3/c1-22-6-5-7-26(13-8-22)23(2)37-21-28-15-17-31(41-28)27-14-16-30(35)29(19-27)33(39)38-32(34(3,4)40)18-24-9-11-25(20-36)12-10-24/h6,8-17,19,23,26,32,37,40H,5,7,18,21H2,1-4H3,(H,38,39)/t23?,26?,32-/m1/s1. The van der Waals surface area contributed by atoms with Crippen LogP contribution in [0.3, 0.4) is 0 Å². The molecule has 0 bridgehead atoms. The minimum atomic E-state index is -1.20. The van der Waals surface area contributed by atoms with Crippen LogP contribution in [0.4, 0.5) is 0 Å². The summed E-state index contributed by atoms with van der Waals surface area (Å²) >= 11 is 6.45. The molecular weight excluding hydrogens is 534 g/mol. The van der Waals surface area contributed by atoms with E-state index >= 15 is 0 Å². The van der Waals surface area contributed by atoms with E-state index in [1.165, 1.54) is 5.57 Å². The monoisotopic (exact) mass is 571 g/mol. The average molecular weight is 572 g/mol. The number of amides is 1. The number of benzene rings is 2. The highest BCUT2D eigenvalue weighted by atomic mass is 35.5. The topological polar surface area (TPSA) is 98.3 Å². The summed E-state index contributed by atoms with van der Waals surface area (Å²) in [5.74, 6) is 1.52. The molecule has 41 heavy (non-hydrogen) atoms. The van der Waals surface area contributed by atoms with E-state index in [1.807, 2.05) is 30.3 Å². The highest BCUT2D eigenvalue weighted by molar-refractivity contribution is 6.34. The van der Waals surface area contributed by atoms with E-state index in [1.54, 1.807) is 38.1 Å². The third kappa shape index (κ3) is 8.20. The maximum absolute atomic E-state index is 13.4. The Hall–Kier alpha value is -3.63. The first-order valence-electron chi connectivity index (χ1n) is 14.0. The molecule has 0 spiro atoms. The third-order valence-electron chi connectivity index (χ3n) is 7.65. The molecule has 7 heteroatoms. The van der Waals surface area contributed by atoms with Crippen LogP contribution in [0.25, 0.3) is 11.3 Å². The number of aliphatic hydroxyl groups is 1. The minimum Gasteiger partial charge on any atom is -0.460 e. The molecule has 1 heterocycles. The summed E-state index contributed by atoms with van der Waals surface area (Å²) in [7, 11) is 0. The number of rotatable bonds is 10. The first-order valence-corrected chi connectivity index (χ1v) is 14.4. The predicted molar refractivity (Wildman–Crippen MR) is 163 cm³/mol. The van der Waals surface area contributed by atoms with Crippen molar-refractivity contribution >= 4 is 17.5 Å². The van der Waals surface area contributed by atoms with Gasteiger partial charge in [-0.1, -0.05) is 47.5 Å². The molecule has 0 radical (unpaired) electrons. The van der Waals surface area contributed by atoms with Crippen LogP contribution in [-0.2, 0) is 13.0 Å². The van der Waals surface area contributed by atoms with Gasteiger partial charge in [-0.05, 0) is 101 Å². The molecule has 6 nitrogen and oxygen atoms in total. The predicted octanol–water partition coefficient (Wildman–Crippen LogP) is 6.97. The zero-order chi connectivity index (χ0) is 29.6. The first-order chi connectivity index (χ1) is 19.5. The lowest BCUT2D eigenvalue weighted by Gasteiger charge is -2.30. The molecule has 3 aromatic rings. The van der Waals surface area contributed by atoms with Crippen LogP contribution in [0.1, 0.15) is 67.8 Å². The van der Waals surface area contributed by atoms with E-state index in [-0.39, 0.29) is 5.91 Å². The molecular formula is C34H38ClN3O3. The molecule has 3 atom stereocenters. The minimum absolute atomic E-state index is 0.298. The average Bonchev–Trinajstić information content (AvgIpc) is 3.31. The Morgan fingerprint density at radius 1 is 1.20 bits per heavy atom. The van der Waals surface area contributed by atoms with Gasteiger partial charge in [-0.2, -0.15) is 5.26 Å². The molecule has 1 aromatic heterocycles. The van der Waals surface area contributed by atoms with Crippen molar-refractivity contribution < 1.29 is 14.3 Å². The van der Waals surface area contributed by atoms with Crippen molar-refractivity contribution in [1.82, 2.24) is 10.6 Å². The fourth-order valence-corrected chi connectivity index (χ4v) is 5.12. The van der Waals surface area contributed by atoms with Crippen LogP contribution in [-0.4, -0.2) is 28.7 Å². The van der Waals surface area contributed by atoms with Gasteiger partial charge in [-0.15, -0.1) is 0 Å². The zero-order valence-electron chi connectivity index (χ0n) is 24.1. The Bertz CT molecular complexity index is 1460. The van der Waals surface area contributed by atoms with Gasteiger partial charge in [-0.25, -0.2) is 0 Å². The molecule has 2 aromatic carbocycles. The van der Waals surface area contributed by atoms with Crippen molar-refractivity contribution in [3.05, 3.63) is 106 Å². The lowest BCUT2D eigenvalue weighted by Crippen LogP contribution is -2.50. The van der Waals surface area contributed by atoms with Crippen molar-refractivity contribution in [3.63, 3.8) is 0 Å². The van der Waals surface area contributed by atoms with Crippen molar-refractivity contribution in [2.24, 2.45) is 5.92 Å². The van der Waals surface area contributed by atoms with Crippen molar-refractivity contribution in [3.8, 4) is 17.4 Å². The summed E-state index contributed by atoms with van der Waals surface area (Å²) < 4.78 is 6.13. The Morgan fingerprint density at radius 2 is 1.95 bits per heavy atom. The molecule has 214 valence electrons. The summed E-state index contributed by atoms with van der Waals surface area (Å²) in [6, 6.07) is 18.0. The van der Waals surface area contributed by atoms with Gasteiger partial charge in [0.1, 0.15) is 11.5 Å². The quantitative estimate of drug-likeness (QED) is 0.244. The summed E-state index contributed by atoms with van der Waals surface area (Å²) in [4.78, 5) is 13.4. The normalized spacial score (nSPS) is 16.8. The zero-order valence-corrected chi connectivity index (χ0v) is 24.8. The van der Waals surface area contributed by atoms with Gasteiger partial charge in [0.05, 0.1) is 40.4 Å². The number of nitrogens with one attached hydrogen (secondary N) is 2. The second-order valence-corrected chi connectivity index (χ2v) is 11.8. The fourth-order valence-electron chi connectivity index (χ4n) is 4.92. The number of hydrogen-bond donors (Lipinski definition) is 3. The molecule has 0 saturated carbocycles. The fraction of sp³-hybridized carbons (Fsp3) is 0.353. The van der Waals surface area contributed by atoms with Gasteiger partial charge in [0.15, 0.2) is 0 Å². The molecule has 2 unspecified atom stereocenters. The molecule has 0 aliphatic heterocycles. The van der Waals surface area contributed by atoms with E-state index < -0.39 is 11.6 Å². The maximum Gasteiger partial charge on any atom is 0.253 e. The van der Waals surface area contributed by atoms with Gasteiger partial charge < -0.3 is 20.2 Å². The number of nitrogens with zero attached hydrogens (tertiary/aromatic N) is 1. The summed E-state index contributed by atoms with van der Waals surface area (Å²) in [5.41, 5.74) is 2.59. The first kappa shape index (κ1) is 30.3. The largest absolute Gasteiger partial charge is 0.460 e. The van der Waals surface area contributed by atoms with Crippen LogP contribution in [0.15, 0.2) is 82.8 Å². The second-order valence-electron chi connectivity index (χ2n) is 11.4. The number of carbonyl (C=O) groups is 1. The number of halogens is 1. The van der Waals surface area contributed by atoms with Gasteiger partial charge in [0, 0.05) is 11.6 Å². The van der Waals surface area contributed by atoms with Gasteiger partial charge in [-0.3, -0.25) is 4.79 Å². The number of nitriles is 1. The van der Waals surface area contributed by atoms with Gasteiger partial charge in [0.2, 0.25) is 0 Å². The van der Waals surface area contributed by atoms with Crippen LogP contribution < -0.4 is 10.6 Å². The Kier molecular flexibility index (Phi) is 9.88. The Labute approximate surface area is 247 Å². The van der Waals surface area contributed by atoms with Crippen molar-refractivity contribution in [1.29, 1.82) is 5.26 Å². The van der Waals surface area contributed by atoms with Crippen LogP contribution in [0.2, 0.25) is 5.02 Å². The molecule has 4 rings (SSSR count). The highest BCUT2D eigenvalue weighted by Gasteiger charge is 2.29. The van der Waals surface area contributed by atoms with Crippen LogP contribution in [0.5, 0.6) is 0 Å². The van der Waals surface area contributed by atoms with E-state index in [0.717, 1.165) is 29.7 Å². The van der Waals surface area contributed by atoms with E-state index in [4.69, 9.17) is 21.3 Å². The summed E-state index contributed by atoms with van der Waals surface area (Å²) in [5, 5.41) is 26.7. The third-order valence-corrected chi connectivity index (χ3v) is 7.98. The second kappa shape index (κ2) is 13.4. The van der Waals surface area contributed by atoms with Crippen molar-refractivity contribution in [2.75, 3.05) is 0 Å². The van der Waals surface area contributed by atoms with Crippen molar-refractivity contribution in [2.45, 2.75) is 71.2 Å². The summed E-state index contributed by atoms with van der Waals surface area (Å²) in [6.45, 7) is 8.25. The van der Waals surface area contributed by atoms with E-state index in [9.17, 15) is 9.90 Å². The lowest BCUT2D eigenvalue weighted by molar-refractivity contribution is 0.0350. The van der Waals surface area contributed by atoms with E-state index in [2.05, 4.69) is 48.8 Å². The number of carbonyl (C=O) groups excluding carboxylic acids is 1. The number of furan rings is 1. The SMILES string of the molecule is CC1=CCCC(C(C)NCc2ccc(-c3ccc(Cl)c(C(=O)N[C@H](Cc4ccc(C#N)cc4)C(C)(C)O)c3)o2)C=C1. The van der Waals surface area contributed by atoms with E-state index in [0.29, 0.717) is 46.8 Å². The van der Waals surface area contributed by atoms with Gasteiger partial charge >= 0.3 is 0 Å². The van der Waals surface area contributed by atoms with Gasteiger partial charge in [0.25, 0.3) is 5.91 Å². The van der Waals surface area contributed by atoms with Crippen LogP contribution >= 0.6 is 11.6 Å². The molecule has 0 saturated heterocycles. The molecule has 1 amide bonds. The molecule has 0 fully saturated rings. The van der Waals surface area contributed by atoms with Crippen LogP contribution in [0, 0.1) is 17.2 Å². The number of hydrogen-bond acceptors (Lipinski definition) is 5. The molecule has 3 N–H and O–H groups in total. The molecule has 1 aliphatic rings. The molecule has 1 aliphatic carbocycles. The summed E-state index contributed by atoms with van der Waals surface area (Å²) in [6.07, 6.45) is 9.35. The lowest BCUT2D eigenvalue weighted by atomic mass is 9.91. The number of allylic oxidation sites excluding steroid dienone is 3.